The maximum Gasteiger partial charge on any atom is 0.257 e. The summed E-state index contributed by atoms with van der Waals surface area (Å²) in [5.74, 6) is -0.570. The molecule has 0 atom stereocenters. The van der Waals surface area contributed by atoms with Crippen molar-refractivity contribution in [3.05, 3.63) is 88.7 Å². The van der Waals surface area contributed by atoms with Crippen LogP contribution in [-0.4, -0.2) is 51.3 Å². The molecule has 1 aromatic heterocycles. The van der Waals surface area contributed by atoms with E-state index in [9.17, 15) is 19.4 Å². The normalized spacial score (nSPS) is 23.8. The molecule has 6 nitrogen and oxygen atoms in total. The first-order valence-electron chi connectivity index (χ1n) is 12.5. The molecule has 0 unspecified atom stereocenters. The molecule has 0 spiro atoms. The minimum atomic E-state index is -1.16. The zero-order valence-electron chi connectivity index (χ0n) is 20.2. The van der Waals surface area contributed by atoms with Crippen molar-refractivity contribution >= 4 is 16.8 Å². The van der Waals surface area contributed by atoms with Gasteiger partial charge in [-0.2, -0.15) is 0 Å². The molecule has 2 fully saturated rings. The summed E-state index contributed by atoms with van der Waals surface area (Å²) in [7, 11) is 0. The lowest BCUT2D eigenvalue weighted by molar-refractivity contribution is -0.0546. The van der Waals surface area contributed by atoms with Gasteiger partial charge < -0.3 is 20.0 Å². The highest BCUT2D eigenvalue weighted by Gasteiger charge is 2.44. The molecular weight excluding hydrogens is 457 g/mol. The highest BCUT2D eigenvalue weighted by atomic mass is 19.1. The Bertz CT molecular complexity index is 1300. The molecule has 1 aliphatic heterocycles. The number of hydrogen-bond acceptors (Lipinski definition) is 4. The first-order valence-corrected chi connectivity index (χ1v) is 12.5. The number of aliphatic hydroxyl groups is 2. The average Bonchev–Trinajstić information content (AvgIpc) is 2.93. The number of halogens is 1. The van der Waals surface area contributed by atoms with Gasteiger partial charge in [-0.3, -0.25) is 9.78 Å². The van der Waals surface area contributed by atoms with Crippen LogP contribution in [0.2, 0.25) is 0 Å². The van der Waals surface area contributed by atoms with Crippen LogP contribution in [0, 0.1) is 12.4 Å². The van der Waals surface area contributed by atoms with Crippen molar-refractivity contribution in [2.24, 2.45) is 0 Å². The Kier molecular flexibility index (Phi) is 6.50. The van der Waals surface area contributed by atoms with Gasteiger partial charge >= 0.3 is 0 Å². The number of pyridine rings is 1. The fraction of sp³-hybridized carbons (Fsp3) is 0.414. The van der Waals surface area contributed by atoms with Gasteiger partial charge in [-0.1, -0.05) is 30.3 Å². The smallest absolute Gasteiger partial charge is 0.257 e. The summed E-state index contributed by atoms with van der Waals surface area (Å²) in [6.45, 7) is 8.30. The quantitative estimate of drug-likeness (QED) is 0.518. The zero-order chi connectivity index (χ0) is 25.3. The topological polar surface area (TPSA) is 78.0 Å². The third kappa shape index (κ3) is 4.36. The summed E-state index contributed by atoms with van der Waals surface area (Å²) in [5.41, 5.74) is 1.18. The van der Waals surface area contributed by atoms with E-state index < -0.39 is 11.1 Å². The molecule has 2 aromatic carbocycles. The lowest BCUT2D eigenvalue weighted by Gasteiger charge is -2.38. The molecule has 2 aliphatic rings. The Balaban J connectivity index is 1.49. The third-order valence-electron chi connectivity index (χ3n) is 8.12. The van der Waals surface area contributed by atoms with E-state index >= 15 is 0 Å². The first kappa shape index (κ1) is 24.4. The minimum absolute atomic E-state index is 0.00555. The van der Waals surface area contributed by atoms with E-state index in [1.165, 1.54) is 12.1 Å². The second-order valence-electron chi connectivity index (χ2n) is 10.2. The predicted molar refractivity (Wildman–Crippen MR) is 135 cm³/mol. The summed E-state index contributed by atoms with van der Waals surface area (Å²) in [4.78, 5) is 23.9. The molecular formula is C29H30FN3O3. The van der Waals surface area contributed by atoms with Gasteiger partial charge in [-0.05, 0) is 55.4 Å². The van der Waals surface area contributed by atoms with Crippen LogP contribution in [0.15, 0.2) is 54.7 Å². The Hall–Kier alpha value is -3.34. The van der Waals surface area contributed by atoms with E-state index in [2.05, 4.69) is 9.83 Å². The van der Waals surface area contributed by atoms with Gasteiger partial charge in [0.15, 0.2) is 0 Å². The maximum atomic E-state index is 14.4. The molecule has 186 valence electrons. The molecule has 0 radical (unpaired) electrons. The molecule has 1 saturated carbocycles. The first-order chi connectivity index (χ1) is 17.4. The number of benzene rings is 2. The zero-order valence-corrected chi connectivity index (χ0v) is 20.2. The van der Waals surface area contributed by atoms with Gasteiger partial charge in [0.2, 0.25) is 0 Å². The summed E-state index contributed by atoms with van der Waals surface area (Å²) in [6, 6.07) is 14.4. The van der Waals surface area contributed by atoms with E-state index in [-0.39, 0.29) is 24.2 Å². The number of carbonyl (C=O) groups is 1. The van der Waals surface area contributed by atoms with Crippen molar-refractivity contribution < 1.29 is 19.4 Å². The van der Waals surface area contributed by atoms with E-state index in [1.807, 2.05) is 30.3 Å². The molecule has 36 heavy (non-hydrogen) atoms. The van der Waals surface area contributed by atoms with E-state index in [0.717, 1.165) is 11.1 Å². The standard InChI is InChI=1S/C29H30FN3O3/c1-31-29(21-5-3-2-4-6-21)11-9-20(10-12-29)26-23-17-22(30)7-8-25(23)32-18-24(26)27(35)33-15-13-28(36,19-34)14-16-33/h2-8,17-18,20,34,36H,9-16,19H2. The number of nitrogens with zero attached hydrogens (tertiary/aromatic N) is 3. The van der Waals surface area contributed by atoms with Crippen LogP contribution in [0.1, 0.15) is 65.9 Å². The van der Waals surface area contributed by atoms with Crippen LogP contribution in [0.3, 0.4) is 0 Å². The van der Waals surface area contributed by atoms with Crippen molar-refractivity contribution in [3.63, 3.8) is 0 Å². The second-order valence-corrected chi connectivity index (χ2v) is 10.2. The molecule has 1 saturated heterocycles. The Labute approximate surface area is 210 Å². The number of rotatable bonds is 4. The second kappa shape index (κ2) is 9.61. The number of fused-ring (bicyclic) bond motifs is 1. The highest BCUT2D eigenvalue weighted by Crippen LogP contribution is 2.48. The number of carbonyl (C=O) groups excluding carboxylic acids is 1. The summed E-state index contributed by atoms with van der Waals surface area (Å²) in [6.07, 6.45) is 4.92. The van der Waals surface area contributed by atoms with Gasteiger partial charge in [0, 0.05) is 43.1 Å². The largest absolute Gasteiger partial charge is 0.393 e. The molecule has 5 rings (SSSR count). The molecule has 3 aromatic rings. The van der Waals surface area contributed by atoms with Crippen molar-refractivity contribution in [2.45, 2.75) is 55.6 Å². The minimum Gasteiger partial charge on any atom is -0.393 e. The van der Waals surface area contributed by atoms with Crippen molar-refractivity contribution in [1.82, 2.24) is 9.88 Å². The van der Waals surface area contributed by atoms with Crippen LogP contribution in [0.5, 0.6) is 0 Å². The van der Waals surface area contributed by atoms with Gasteiger partial charge in [-0.15, -0.1) is 0 Å². The molecule has 1 amide bonds. The van der Waals surface area contributed by atoms with Gasteiger partial charge in [0.1, 0.15) is 5.82 Å². The maximum absolute atomic E-state index is 14.4. The summed E-state index contributed by atoms with van der Waals surface area (Å²) in [5, 5.41) is 20.5. The molecule has 1 aliphatic carbocycles. The van der Waals surface area contributed by atoms with Crippen LogP contribution < -0.4 is 0 Å². The molecule has 2 heterocycles. The van der Waals surface area contributed by atoms with Crippen molar-refractivity contribution in [2.75, 3.05) is 19.7 Å². The monoisotopic (exact) mass is 487 g/mol. The van der Waals surface area contributed by atoms with Gasteiger partial charge in [-0.25, -0.2) is 11.0 Å². The number of likely N-dealkylation sites (tertiary alicyclic amines) is 1. The lowest BCUT2D eigenvalue weighted by atomic mass is 9.70. The number of hydrogen-bond donors (Lipinski definition) is 2. The van der Waals surface area contributed by atoms with Crippen LogP contribution in [0.25, 0.3) is 15.7 Å². The number of aromatic nitrogens is 1. The number of amides is 1. The van der Waals surface area contributed by atoms with Crippen LogP contribution in [0.4, 0.5) is 4.39 Å². The van der Waals surface area contributed by atoms with Crippen LogP contribution >= 0.6 is 0 Å². The van der Waals surface area contributed by atoms with Gasteiger partial charge in [0.05, 0.1) is 23.3 Å². The molecule has 2 N–H and O–H groups in total. The Morgan fingerprint density at radius 1 is 1.11 bits per heavy atom. The van der Waals surface area contributed by atoms with E-state index in [1.54, 1.807) is 17.2 Å². The predicted octanol–water partition coefficient (Wildman–Crippen LogP) is 4.81. The average molecular weight is 488 g/mol. The fourth-order valence-electron chi connectivity index (χ4n) is 5.85. The SMILES string of the molecule is [C-]#[N+]C1(c2ccccc2)CCC(c2c(C(=O)N3CCC(O)(CO)CC3)cnc3ccc(F)cc23)CC1. The molecule has 0 bridgehead atoms. The highest BCUT2D eigenvalue weighted by molar-refractivity contribution is 6.00. The van der Waals surface area contributed by atoms with Gasteiger partial charge in [0.25, 0.3) is 11.4 Å². The summed E-state index contributed by atoms with van der Waals surface area (Å²) >= 11 is 0. The van der Waals surface area contributed by atoms with E-state index in [4.69, 9.17) is 6.57 Å². The van der Waals surface area contributed by atoms with Crippen molar-refractivity contribution in [3.8, 4) is 0 Å². The Morgan fingerprint density at radius 2 is 1.81 bits per heavy atom. The summed E-state index contributed by atoms with van der Waals surface area (Å²) < 4.78 is 14.4. The number of piperidine rings is 1. The third-order valence-corrected chi connectivity index (χ3v) is 8.12. The Morgan fingerprint density at radius 3 is 2.44 bits per heavy atom. The van der Waals surface area contributed by atoms with Crippen molar-refractivity contribution in [1.29, 1.82) is 0 Å². The number of aliphatic hydroxyl groups excluding tert-OH is 1. The van der Waals surface area contributed by atoms with E-state index in [0.29, 0.717) is 68.1 Å². The lowest BCUT2D eigenvalue weighted by Crippen LogP contribution is -2.48. The fourth-order valence-corrected chi connectivity index (χ4v) is 5.85. The van der Waals surface area contributed by atoms with Crippen LogP contribution in [-0.2, 0) is 5.54 Å². The molecule has 7 heteroatoms.